The first-order chi connectivity index (χ1) is 8.52. The second-order valence-electron chi connectivity index (χ2n) is 5.02. The molecule has 0 spiro atoms. The average Bonchev–Trinajstić information content (AvgIpc) is 2.75. The largest absolute Gasteiger partial charge is 0.454 e. The van der Waals surface area contributed by atoms with Gasteiger partial charge in [-0.25, -0.2) is 0 Å². The zero-order valence-electron chi connectivity index (χ0n) is 10.6. The molecule has 0 aromatic heterocycles. The number of nitrogens with one attached hydrogen (secondary N) is 1. The molecule has 0 atom stereocenters. The van der Waals surface area contributed by atoms with Gasteiger partial charge in [-0.2, -0.15) is 0 Å². The predicted molar refractivity (Wildman–Crippen MR) is 72.9 cm³/mol. The Balaban J connectivity index is 2.04. The number of hydrogen-bond acceptors (Lipinski definition) is 4. The molecule has 1 aromatic carbocycles. The van der Waals surface area contributed by atoms with Gasteiger partial charge in [-0.05, 0) is 53.9 Å². The van der Waals surface area contributed by atoms with Crippen LogP contribution in [0.2, 0.25) is 0 Å². The van der Waals surface area contributed by atoms with Gasteiger partial charge in [0.2, 0.25) is 6.79 Å². The lowest BCUT2D eigenvalue weighted by atomic mass is 10.0. The molecule has 5 heteroatoms. The molecule has 0 amide bonds. The van der Waals surface area contributed by atoms with E-state index >= 15 is 0 Å². The zero-order chi connectivity index (χ0) is 13.2. The summed E-state index contributed by atoms with van der Waals surface area (Å²) in [4.78, 5) is 0. The Hall–Kier alpha value is -0.780. The second kappa shape index (κ2) is 5.47. The van der Waals surface area contributed by atoms with Crippen molar-refractivity contribution in [3.63, 3.8) is 0 Å². The quantitative estimate of drug-likeness (QED) is 0.876. The summed E-state index contributed by atoms with van der Waals surface area (Å²) in [5, 5.41) is 12.4. The molecule has 0 fully saturated rings. The number of aliphatic hydroxyl groups is 1. The van der Waals surface area contributed by atoms with Crippen molar-refractivity contribution in [2.45, 2.75) is 32.4 Å². The number of benzene rings is 1. The third kappa shape index (κ3) is 3.16. The van der Waals surface area contributed by atoms with Crippen LogP contribution in [0.3, 0.4) is 0 Å². The van der Waals surface area contributed by atoms with Gasteiger partial charge >= 0.3 is 0 Å². The molecule has 1 aliphatic rings. The maximum atomic E-state index is 8.99. The Morgan fingerprint density at radius 1 is 1.39 bits per heavy atom. The first-order valence-electron chi connectivity index (χ1n) is 5.96. The van der Waals surface area contributed by atoms with Crippen LogP contribution in [0.1, 0.15) is 25.8 Å². The summed E-state index contributed by atoms with van der Waals surface area (Å²) in [6.07, 6.45) is 0.721. The number of hydrogen-bond donors (Lipinski definition) is 2. The summed E-state index contributed by atoms with van der Waals surface area (Å²) < 4.78 is 11.6. The first kappa shape index (κ1) is 13.6. The molecule has 18 heavy (non-hydrogen) atoms. The van der Waals surface area contributed by atoms with E-state index in [1.54, 1.807) is 0 Å². The maximum Gasteiger partial charge on any atom is 0.231 e. The van der Waals surface area contributed by atoms with Crippen molar-refractivity contribution in [1.29, 1.82) is 0 Å². The van der Waals surface area contributed by atoms with Crippen molar-refractivity contribution in [2.24, 2.45) is 0 Å². The fourth-order valence-electron chi connectivity index (χ4n) is 1.83. The zero-order valence-corrected chi connectivity index (χ0v) is 12.2. The molecule has 1 aromatic rings. The summed E-state index contributed by atoms with van der Waals surface area (Å²) in [5.74, 6) is 1.55. The van der Waals surface area contributed by atoms with Gasteiger partial charge in [0.1, 0.15) is 0 Å². The van der Waals surface area contributed by atoms with Gasteiger partial charge < -0.3 is 19.9 Å². The van der Waals surface area contributed by atoms with Gasteiger partial charge in [0, 0.05) is 18.7 Å². The van der Waals surface area contributed by atoms with Gasteiger partial charge in [-0.1, -0.05) is 0 Å². The Morgan fingerprint density at radius 2 is 2.17 bits per heavy atom. The normalized spacial score (nSPS) is 14.0. The van der Waals surface area contributed by atoms with E-state index in [4.69, 9.17) is 14.6 Å². The summed E-state index contributed by atoms with van der Waals surface area (Å²) in [6, 6.07) is 4.00. The molecule has 0 aliphatic carbocycles. The lowest BCUT2D eigenvalue weighted by molar-refractivity contribution is 0.173. The smallest absolute Gasteiger partial charge is 0.231 e. The van der Waals surface area contributed by atoms with E-state index in [1.165, 1.54) is 0 Å². The topological polar surface area (TPSA) is 50.7 Å². The lowest BCUT2D eigenvalue weighted by Crippen LogP contribution is -2.39. The Kier molecular flexibility index (Phi) is 4.14. The molecular formula is C13H18BrNO3. The summed E-state index contributed by atoms with van der Waals surface area (Å²) >= 11 is 3.48. The number of halogens is 1. The van der Waals surface area contributed by atoms with E-state index in [0.717, 1.165) is 34.5 Å². The van der Waals surface area contributed by atoms with Crippen LogP contribution in [-0.4, -0.2) is 24.0 Å². The predicted octanol–water partition coefficient (Wildman–Crippen LogP) is 2.43. The van der Waals surface area contributed by atoms with Gasteiger partial charge in [0.15, 0.2) is 11.5 Å². The number of ether oxygens (including phenoxy) is 2. The van der Waals surface area contributed by atoms with E-state index in [1.807, 2.05) is 12.1 Å². The van der Waals surface area contributed by atoms with Crippen molar-refractivity contribution in [3.05, 3.63) is 22.2 Å². The second-order valence-corrected chi connectivity index (χ2v) is 5.88. The average molecular weight is 316 g/mol. The highest BCUT2D eigenvalue weighted by atomic mass is 79.9. The molecule has 1 aliphatic heterocycles. The number of fused-ring (bicyclic) bond motifs is 1. The SMILES string of the molecule is CC(C)(CCO)NCc1cc(Br)c2c(c1)OCO2. The third-order valence-corrected chi connectivity index (χ3v) is 3.58. The molecule has 0 bridgehead atoms. The van der Waals surface area contributed by atoms with Crippen LogP contribution >= 0.6 is 15.9 Å². The molecule has 0 radical (unpaired) electrons. The maximum absolute atomic E-state index is 8.99. The van der Waals surface area contributed by atoms with E-state index < -0.39 is 0 Å². The van der Waals surface area contributed by atoms with Gasteiger partial charge in [-0.3, -0.25) is 0 Å². The molecule has 2 N–H and O–H groups in total. The van der Waals surface area contributed by atoms with Crippen LogP contribution < -0.4 is 14.8 Å². The first-order valence-corrected chi connectivity index (χ1v) is 6.75. The summed E-state index contributed by atoms with van der Waals surface area (Å²) in [6.45, 7) is 5.34. The molecule has 100 valence electrons. The highest BCUT2D eigenvalue weighted by Gasteiger charge is 2.20. The van der Waals surface area contributed by atoms with Crippen LogP contribution in [0.4, 0.5) is 0 Å². The molecule has 4 nitrogen and oxygen atoms in total. The summed E-state index contributed by atoms with van der Waals surface area (Å²) in [5.41, 5.74) is 1.04. The van der Waals surface area contributed by atoms with Gasteiger partial charge in [0.25, 0.3) is 0 Å². The Bertz CT molecular complexity index is 434. The highest BCUT2D eigenvalue weighted by Crippen LogP contribution is 2.40. The molecule has 0 saturated heterocycles. The van der Waals surface area contributed by atoms with Crippen molar-refractivity contribution >= 4 is 15.9 Å². The molecule has 0 saturated carbocycles. The van der Waals surface area contributed by atoms with Gasteiger partial charge in [-0.15, -0.1) is 0 Å². The minimum Gasteiger partial charge on any atom is -0.454 e. The van der Waals surface area contributed by atoms with Crippen molar-refractivity contribution in [2.75, 3.05) is 13.4 Å². The van der Waals surface area contributed by atoms with E-state index in [9.17, 15) is 0 Å². The van der Waals surface area contributed by atoms with Crippen LogP contribution in [0.25, 0.3) is 0 Å². The molecular weight excluding hydrogens is 298 g/mol. The van der Waals surface area contributed by atoms with Crippen LogP contribution in [-0.2, 0) is 6.54 Å². The lowest BCUT2D eigenvalue weighted by Gasteiger charge is -2.25. The van der Waals surface area contributed by atoms with E-state index in [2.05, 4.69) is 35.1 Å². The van der Waals surface area contributed by atoms with E-state index in [0.29, 0.717) is 0 Å². The Labute approximate surface area is 115 Å². The van der Waals surface area contributed by atoms with Crippen molar-refractivity contribution in [1.82, 2.24) is 5.32 Å². The highest BCUT2D eigenvalue weighted by molar-refractivity contribution is 9.10. The molecule has 0 unspecified atom stereocenters. The minimum absolute atomic E-state index is 0.0857. The third-order valence-electron chi connectivity index (χ3n) is 2.99. The van der Waals surface area contributed by atoms with Crippen molar-refractivity contribution < 1.29 is 14.6 Å². The van der Waals surface area contributed by atoms with Crippen LogP contribution in [0.5, 0.6) is 11.5 Å². The Morgan fingerprint density at radius 3 is 2.89 bits per heavy atom. The standard InChI is InChI=1S/C13H18BrNO3/c1-13(2,3-4-16)15-7-9-5-10(14)12-11(6-9)17-8-18-12/h5-6,15-16H,3-4,7-8H2,1-2H3. The van der Waals surface area contributed by atoms with Crippen LogP contribution in [0, 0.1) is 0 Å². The summed E-state index contributed by atoms with van der Waals surface area (Å²) in [7, 11) is 0. The minimum atomic E-state index is -0.0857. The van der Waals surface area contributed by atoms with Crippen molar-refractivity contribution in [3.8, 4) is 11.5 Å². The number of rotatable bonds is 5. The fraction of sp³-hybridized carbons (Fsp3) is 0.538. The molecule has 1 heterocycles. The monoisotopic (exact) mass is 315 g/mol. The van der Waals surface area contributed by atoms with Gasteiger partial charge in [0.05, 0.1) is 4.47 Å². The fourth-order valence-corrected chi connectivity index (χ4v) is 2.44. The van der Waals surface area contributed by atoms with Crippen LogP contribution in [0.15, 0.2) is 16.6 Å². The van der Waals surface area contributed by atoms with E-state index in [-0.39, 0.29) is 18.9 Å². The molecule has 2 rings (SSSR count). The number of aliphatic hydroxyl groups excluding tert-OH is 1.